The van der Waals surface area contributed by atoms with Crippen LogP contribution < -0.4 is 29.1 Å². The maximum absolute atomic E-state index is 14.2. The molecule has 44 heavy (non-hydrogen) atoms. The number of benzene rings is 4. The SMILES string of the molecule is CCOc1cc(/C=c2/sc3n(c2=O)[C@@H](c2cccc(OC)c2)C2=C(N=3)c3ccccc3CC2)ccc1OCc1ccccc1. The highest BCUT2D eigenvalue weighted by Gasteiger charge is 2.32. The van der Waals surface area contributed by atoms with Gasteiger partial charge in [-0.15, -0.1) is 0 Å². The van der Waals surface area contributed by atoms with Gasteiger partial charge in [-0.3, -0.25) is 9.36 Å². The van der Waals surface area contributed by atoms with Gasteiger partial charge in [-0.1, -0.05) is 84.1 Å². The highest BCUT2D eigenvalue weighted by Crippen LogP contribution is 2.41. The molecular formula is C37H32N2O4S. The molecule has 1 aromatic heterocycles. The topological polar surface area (TPSA) is 62.0 Å². The first-order valence-electron chi connectivity index (χ1n) is 14.8. The summed E-state index contributed by atoms with van der Waals surface area (Å²) in [6, 6.07) is 32.0. The van der Waals surface area contributed by atoms with Crippen LogP contribution >= 0.6 is 11.3 Å². The maximum Gasteiger partial charge on any atom is 0.271 e. The van der Waals surface area contributed by atoms with E-state index in [1.807, 2.05) is 84.3 Å². The average Bonchev–Trinajstić information content (AvgIpc) is 3.37. The number of thiazole rings is 1. The van der Waals surface area contributed by atoms with Gasteiger partial charge < -0.3 is 14.2 Å². The standard InChI is InChI=1S/C37H32N2O4S/c1-3-42-32-20-25(16-19-31(32)43-23-24-10-5-4-6-11-24)21-33-36(40)39-35(27-13-9-14-28(22-27)41-2)30-18-17-26-12-7-8-15-29(26)34(30)38-37(39)44-33/h4-16,19-22,35H,3,17-18,23H2,1-2H3/b33-21+/t35-/m0/s1. The van der Waals surface area contributed by atoms with E-state index in [2.05, 4.69) is 30.3 Å². The minimum atomic E-state index is -0.264. The fourth-order valence-electron chi connectivity index (χ4n) is 6.02. The molecule has 2 heterocycles. The first kappa shape index (κ1) is 27.9. The normalized spacial score (nSPS) is 15.6. The van der Waals surface area contributed by atoms with Gasteiger partial charge in [0.05, 0.1) is 30.0 Å². The van der Waals surface area contributed by atoms with Crippen molar-refractivity contribution < 1.29 is 14.2 Å². The van der Waals surface area contributed by atoms with E-state index in [1.165, 1.54) is 16.9 Å². The van der Waals surface area contributed by atoms with Crippen molar-refractivity contribution in [2.75, 3.05) is 13.7 Å². The third-order valence-electron chi connectivity index (χ3n) is 8.09. The molecule has 7 rings (SSSR count). The van der Waals surface area contributed by atoms with E-state index in [0.29, 0.717) is 34.0 Å². The van der Waals surface area contributed by atoms with Gasteiger partial charge in [-0.05, 0) is 77.9 Å². The van der Waals surface area contributed by atoms with Gasteiger partial charge in [0.15, 0.2) is 16.3 Å². The number of methoxy groups -OCH3 is 1. The molecule has 1 aliphatic heterocycles. The summed E-state index contributed by atoms with van der Waals surface area (Å²) in [6.45, 7) is 2.89. The molecule has 0 radical (unpaired) electrons. The molecule has 2 aliphatic rings. The lowest BCUT2D eigenvalue weighted by Gasteiger charge is -2.31. The van der Waals surface area contributed by atoms with Crippen molar-refractivity contribution in [3.63, 3.8) is 0 Å². The molecule has 0 amide bonds. The Labute approximate surface area is 259 Å². The molecule has 0 bridgehead atoms. The summed E-state index contributed by atoms with van der Waals surface area (Å²) in [4.78, 5) is 20.0. The van der Waals surface area contributed by atoms with Gasteiger partial charge in [0.2, 0.25) is 0 Å². The number of nitrogens with zero attached hydrogens (tertiary/aromatic N) is 2. The Morgan fingerprint density at radius 2 is 1.75 bits per heavy atom. The third kappa shape index (κ3) is 5.24. The van der Waals surface area contributed by atoms with Crippen LogP contribution in [0.3, 0.4) is 0 Å². The second-order valence-electron chi connectivity index (χ2n) is 10.8. The predicted molar refractivity (Wildman–Crippen MR) is 174 cm³/mol. The van der Waals surface area contributed by atoms with Crippen LogP contribution in [0.1, 0.15) is 47.2 Å². The zero-order valence-electron chi connectivity index (χ0n) is 24.7. The summed E-state index contributed by atoms with van der Waals surface area (Å²) in [5.74, 6) is 2.07. The van der Waals surface area contributed by atoms with Crippen LogP contribution in [0.4, 0.5) is 0 Å². The third-order valence-corrected chi connectivity index (χ3v) is 9.07. The molecule has 0 spiro atoms. The van der Waals surface area contributed by atoms with Crippen LogP contribution in [0, 0.1) is 0 Å². The quantitative estimate of drug-likeness (QED) is 0.210. The second-order valence-corrected chi connectivity index (χ2v) is 11.8. The fraction of sp³-hybridized carbons (Fsp3) is 0.189. The first-order chi connectivity index (χ1) is 21.6. The van der Waals surface area contributed by atoms with Crippen molar-refractivity contribution >= 4 is 23.1 Å². The lowest BCUT2D eigenvalue weighted by molar-refractivity contribution is 0.269. The van der Waals surface area contributed by atoms with Crippen LogP contribution in [0.5, 0.6) is 17.2 Å². The van der Waals surface area contributed by atoms with Gasteiger partial charge in [0.25, 0.3) is 5.56 Å². The fourth-order valence-corrected chi connectivity index (χ4v) is 7.02. The Bertz CT molecular complexity index is 2060. The number of hydrogen-bond donors (Lipinski definition) is 0. The minimum absolute atomic E-state index is 0.0608. The molecule has 220 valence electrons. The Kier molecular flexibility index (Phi) is 7.62. The van der Waals surface area contributed by atoms with Gasteiger partial charge >= 0.3 is 0 Å². The molecule has 6 nitrogen and oxygen atoms in total. The lowest BCUT2D eigenvalue weighted by Crippen LogP contribution is -2.38. The van der Waals surface area contributed by atoms with Crippen LogP contribution in [0.15, 0.2) is 112 Å². The van der Waals surface area contributed by atoms with E-state index in [1.54, 1.807) is 7.11 Å². The number of aryl methyl sites for hydroxylation is 1. The summed E-state index contributed by atoms with van der Waals surface area (Å²) in [7, 11) is 1.67. The first-order valence-corrected chi connectivity index (χ1v) is 15.6. The van der Waals surface area contributed by atoms with E-state index in [0.717, 1.165) is 52.1 Å². The summed E-state index contributed by atoms with van der Waals surface area (Å²) < 4.78 is 20.1. The van der Waals surface area contributed by atoms with Crippen molar-refractivity contribution in [2.24, 2.45) is 4.99 Å². The van der Waals surface area contributed by atoms with Crippen molar-refractivity contribution in [1.82, 2.24) is 4.57 Å². The van der Waals surface area contributed by atoms with E-state index in [9.17, 15) is 4.79 Å². The minimum Gasteiger partial charge on any atom is -0.497 e. The van der Waals surface area contributed by atoms with Crippen LogP contribution in [-0.4, -0.2) is 18.3 Å². The summed E-state index contributed by atoms with van der Waals surface area (Å²) in [5, 5.41) is 0. The number of hydrogen-bond acceptors (Lipinski definition) is 6. The monoisotopic (exact) mass is 600 g/mol. The van der Waals surface area contributed by atoms with Gasteiger partial charge in [0, 0.05) is 5.56 Å². The summed E-state index contributed by atoms with van der Waals surface area (Å²) in [6.07, 6.45) is 3.67. The zero-order valence-corrected chi connectivity index (χ0v) is 25.5. The lowest BCUT2D eigenvalue weighted by atomic mass is 9.83. The van der Waals surface area contributed by atoms with Crippen molar-refractivity contribution in [3.8, 4) is 17.2 Å². The zero-order chi connectivity index (χ0) is 30.0. The molecule has 0 N–H and O–H groups in total. The molecule has 0 saturated carbocycles. The van der Waals surface area contributed by atoms with Gasteiger partial charge in [-0.25, -0.2) is 4.99 Å². The second kappa shape index (κ2) is 12.0. The smallest absolute Gasteiger partial charge is 0.271 e. The van der Waals surface area contributed by atoms with Crippen molar-refractivity contribution in [2.45, 2.75) is 32.4 Å². The van der Waals surface area contributed by atoms with Crippen LogP contribution in [-0.2, 0) is 13.0 Å². The Hall–Kier alpha value is -4.88. The summed E-state index contributed by atoms with van der Waals surface area (Å²) in [5.41, 5.74) is 7.46. The van der Waals surface area contributed by atoms with Gasteiger partial charge in [-0.2, -0.15) is 0 Å². The van der Waals surface area contributed by atoms with E-state index in [4.69, 9.17) is 19.2 Å². The number of allylic oxidation sites excluding steroid dienone is 1. The van der Waals surface area contributed by atoms with Crippen LogP contribution in [0.2, 0.25) is 0 Å². The molecule has 0 fully saturated rings. The molecule has 4 aromatic carbocycles. The van der Waals surface area contributed by atoms with Crippen molar-refractivity contribution in [1.29, 1.82) is 0 Å². The molecule has 1 atom stereocenters. The predicted octanol–water partition coefficient (Wildman–Crippen LogP) is 6.31. The molecule has 7 heteroatoms. The van der Waals surface area contributed by atoms with E-state index in [-0.39, 0.29) is 11.6 Å². The largest absolute Gasteiger partial charge is 0.497 e. The molecule has 5 aromatic rings. The summed E-state index contributed by atoms with van der Waals surface area (Å²) >= 11 is 1.42. The van der Waals surface area contributed by atoms with Gasteiger partial charge in [0.1, 0.15) is 12.4 Å². The van der Waals surface area contributed by atoms with E-state index < -0.39 is 0 Å². The Morgan fingerprint density at radius 3 is 2.59 bits per heavy atom. The molecular weight excluding hydrogens is 568 g/mol. The number of ether oxygens (including phenoxy) is 3. The molecule has 0 unspecified atom stereocenters. The number of aromatic nitrogens is 1. The van der Waals surface area contributed by atoms with E-state index >= 15 is 0 Å². The Morgan fingerprint density at radius 1 is 0.909 bits per heavy atom. The number of rotatable bonds is 8. The highest BCUT2D eigenvalue weighted by atomic mass is 32.1. The number of fused-ring (bicyclic) bond motifs is 3. The van der Waals surface area contributed by atoms with Crippen LogP contribution in [0.25, 0.3) is 11.8 Å². The average molecular weight is 601 g/mol. The molecule has 1 aliphatic carbocycles. The molecule has 0 saturated heterocycles. The van der Waals surface area contributed by atoms with Crippen molar-refractivity contribution in [3.05, 3.63) is 150 Å². The highest BCUT2D eigenvalue weighted by molar-refractivity contribution is 7.07. The Balaban J connectivity index is 1.33. The maximum atomic E-state index is 14.2.